The molecule has 2 aromatic carbocycles. The molecule has 0 amide bonds. The molecule has 1 unspecified atom stereocenters. The summed E-state index contributed by atoms with van der Waals surface area (Å²) in [5.41, 5.74) is 6.49. The van der Waals surface area contributed by atoms with Gasteiger partial charge in [0, 0.05) is 48.1 Å². The highest BCUT2D eigenvalue weighted by atomic mass is 19.1. The molecular formula is C26H28FN3O2. The normalized spacial score (nSPS) is 15.9. The fourth-order valence-corrected chi connectivity index (χ4v) is 4.87. The second-order valence-corrected chi connectivity index (χ2v) is 8.44. The lowest BCUT2D eigenvalue weighted by molar-refractivity contribution is 0.194. The topological polar surface area (TPSA) is 59.2 Å². The Balaban J connectivity index is 1.58. The van der Waals surface area contributed by atoms with E-state index in [0.29, 0.717) is 19.1 Å². The summed E-state index contributed by atoms with van der Waals surface area (Å²) in [6, 6.07) is 14.0. The van der Waals surface area contributed by atoms with E-state index in [1.54, 1.807) is 19.2 Å². The summed E-state index contributed by atoms with van der Waals surface area (Å²) in [5, 5.41) is 6.10. The number of pyridine rings is 1. The quantitative estimate of drug-likeness (QED) is 0.420. The lowest BCUT2D eigenvalue weighted by atomic mass is 9.88. The Bertz CT molecular complexity index is 1270. The van der Waals surface area contributed by atoms with Gasteiger partial charge in [0.2, 0.25) is 0 Å². The van der Waals surface area contributed by atoms with Crippen molar-refractivity contribution in [2.45, 2.75) is 31.7 Å². The first kappa shape index (κ1) is 20.9. The van der Waals surface area contributed by atoms with Crippen LogP contribution < -0.4 is 10.1 Å². The van der Waals surface area contributed by atoms with Gasteiger partial charge in [-0.3, -0.25) is 4.98 Å². The van der Waals surface area contributed by atoms with Crippen LogP contribution in [-0.2, 0) is 24.0 Å². The van der Waals surface area contributed by atoms with E-state index < -0.39 is 0 Å². The number of aromatic nitrogens is 2. The maximum Gasteiger partial charge on any atom is 0.165 e. The standard InChI is InChI=1S/C26H28FN3O2/c1-31-12-11-28-17-8-9-22-19(15-17)25-18-5-3-4-6-21(18)30-26(25)23(29-22)14-16-7-10-24(32-2)20(27)13-16/h3-7,10,13,17,28,30H,8-9,11-12,14-15H2,1-2H3. The SMILES string of the molecule is COCCNC1CCc2nc(Cc3ccc(OC)c(F)c3)c3[nH]c4ccccc4c3c2C1. The Morgan fingerprint density at radius 3 is 2.88 bits per heavy atom. The third kappa shape index (κ3) is 3.85. The first-order chi connectivity index (χ1) is 15.7. The highest BCUT2D eigenvalue weighted by Crippen LogP contribution is 2.36. The Kier molecular flexibility index (Phi) is 5.81. The number of halogens is 1. The molecule has 32 heavy (non-hydrogen) atoms. The minimum atomic E-state index is -0.346. The predicted octanol–water partition coefficient (Wildman–Crippen LogP) is 4.55. The lowest BCUT2D eigenvalue weighted by Gasteiger charge is -2.26. The first-order valence-corrected chi connectivity index (χ1v) is 11.1. The van der Waals surface area contributed by atoms with Crippen molar-refractivity contribution in [3.63, 3.8) is 0 Å². The number of methoxy groups -OCH3 is 2. The van der Waals surface area contributed by atoms with Crippen molar-refractivity contribution >= 4 is 21.8 Å². The van der Waals surface area contributed by atoms with Gasteiger partial charge in [-0.2, -0.15) is 0 Å². The Labute approximate surface area is 187 Å². The number of benzene rings is 2. The molecule has 0 spiro atoms. The van der Waals surface area contributed by atoms with E-state index in [0.717, 1.165) is 53.8 Å². The molecule has 166 valence electrons. The van der Waals surface area contributed by atoms with E-state index in [2.05, 4.69) is 28.5 Å². The van der Waals surface area contributed by atoms with Crippen molar-refractivity contribution in [3.8, 4) is 5.75 Å². The van der Waals surface area contributed by atoms with Crippen LogP contribution in [0.5, 0.6) is 5.75 Å². The molecule has 1 aliphatic carbocycles. The number of hydrogen-bond donors (Lipinski definition) is 2. The van der Waals surface area contributed by atoms with Crippen LogP contribution in [0, 0.1) is 5.82 Å². The van der Waals surface area contributed by atoms with Crippen molar-refractivity contribution in [2.75, 3.05) is 27.4 Å². The van der Waals surface area contributed by atoms with Gasteiger partial charge >= 0.3 is 0 Å². The molecule has 2 N–H and O–H groups in total. The van der Waals surface area contributed by atoms with Crippen LogP contribution in [0.15, 0.2) is 42.5 Å². The van der Waals surface area contributed by atoms with Crippen LogP contribution in [0.25, 0.3) is 21.8 Å². The van der Waals surface area contributed by atoms with Crippen LogP contribution in [0.3, 0.4) is 0 Å². The zero-order valence-corrected chi connectivity index (χ0v) is 18.5. The third-order valence-corrected chi connectivity index (χ3v) is 6.42. The number of aryl methyl sites for hydroxylation is 1. The number of ether oxygens (including phenoxy) is 2. The first-order valence-electron chi connectivity index (χ1n) is 11.1. The highest BCUT2D eigenvalue weighted by molar-refractivity contribution is 6.10. The van der Waals surface area contributed by atoms with Crippen molar-refractivity contribution < 1.29 is 13.9 Å². The maximum absolute atomic E-state index is 14.3. The van der Waals surface area contributed by atoms with E-state index in [9.17, 15) is 4.39 Å². The van der Waals surface area contributed by atoms with E-state index in [4.69, 9.17) is 14.5 Å². The van der Waals surface area contributed by atoms with Gasteiger partial charge in [-0.15, -0.1) is 0 Å². The summed E-state index contributed by atoms with van der Waals surface area (Å²) in [4.78, 5) is 8.70. The molecule has 0 saturated carbocycles. The minimum absolute atomic E-state index is 0.259. The average molecular weight is 434 g/mol. The van der Waals surface area contributed by atoms with E-state index in [1.807, 2.05) is 12.1 Å². The minimum Gasteiger partial charge on any atom is -0.494 e. The molecule has 2 heterocycles. The molecule has 6 heteroatoms. The van der Waals surface area contributed by atoms with Gasteiger partial charge in [-0.25, -0.2) is 4.39 Å². The number of nitrogens with zero attached hydrogens (tertiary/aromatic N) is 1. The molecule has 0 fully saturated rings. The van der Waals surface area contributed by atoms with E-state index in [1.165, 1.54) is 23.4 Å². The summed E-state index contributed by atoms with van der Waals surface area (Å²) >= 11 is 0. The molecule has 5 nitrogen and oxygen atoms in total. The van der Waals surface area contributed by atoms with Crippen LogP contribution in [0.1, 0.15) is 28.9 Å². The summed E-state index contributed by atoms with van der Waals surface area (Å²) in [5.74, 6) is -0.0873. The molecule has 1 atom stereocenters. The number of H-pyrrole nitrogens is 1. The number of fused-ring (bicyclic) bond motifs is 5. The lowest BCUT2D eigenvalue weighted by Crippen LogP contribution is -2.37. The van der Waals surface area contributed by atoms with Crippen molar-refractivity contribution in [3.05, 3.63) is 70.8 Å². The molecule has 5 rings (SSSR count). The van der Waals surface area contributed by atoms with Gasteiger partial charge in [0.1, 0.15) is 0 Å². The fraction of sp³-hybridized carbons (Fsp3) is 0.346. The summed E-state index contributed by atoms with van der Waals surface area (Å²) in [6.07, 6.45) is 3.49. The van der Waals surface area contributed by atoms with Gasteiger partial charge in [0.15, 0.2) is 11.6 Å². The fourth-order valence-electron chi connectivity index (χ4n) is 4.87. The Hall–Kier alpha value is -2.96. The third-order valence-electron chi connectivity index (χ3n) is 6.42. The van der Waals surface area contributed by atoms with Crippen molar-refractivity contribution in [1.29, 1.82) is 0 Å². The van der Waals surface area contributed by atoms with Gasteiger partial charge in [0.25, 0.3) is 0 Å². The maximum atomic E-state index is 14.3. The zero-order chi connectivity index (χ0) is 22.1. The van der Waals surface area contributed by atoms with E-state index in [-0.39, 0.29) is 11.6 Å². The largest absolute Gasteiger partial charge is 0.494 e. The molecule has 1 aliphatic rings. The van der Waals surface area contributed by atoms with Gasteiger partial charge in [0.05, 0.1) is 24.9 Å². The molecule has 4 aromatic rings. The zero-order valence-electron chi connectivity index (χ0n) is 18.5. The molecule has 2 aromatic heterocycles. The highest BCUT2D eigenvalue weighted by Gasteiger charge is 2.25. The van der Waals surface area contributed by atoms with Crippen LogP contribution in [0.2, 0.25) is 0 Å². The molecule has 0 aliphatic heterocycles. The van der Waals surface area contributed by atoms with Crippen LogP contribution in [0.4, 0.5) is 4.39 Å². The van der Waals surface area contributed by atoms with Gasteiger partial charge in [-0.05, 0) is 48.6 Å². The van der Waals surface area contributed by atoms with Gasteiger partial charge < -0.3 is 19.8 Å². The Morgan fingerprint density at radius 2 is 2.06 bits per heavy atom. The summed E-state index contributed by atoms with van der Waals surface area (Å²) < 4.78 is 24.6. The molecule has 0 radical (unpaired) electrons. The second kappa shape index (κ2) is 8.88. The summed E-state index contributed by atoms with van der Waals surface area (Å²) in [7, 11) is 3.21. The molecule has 0 saturated heterocycles. The molecular weight excluding hydrogens is 405 g/mol. The number of nitrogens with one attached hydrogen (secondary N) is 2. The van der Waals surface area contributed by atoms with Crippen molar-refractivity contribution in [1.82, 2.24) is 15.3 Å². The predicted molar refractivity (Wildman–Crippen MR) is 125 cm³/mol. The Morgan fingerprint density at radius 1 is 1.19 bits per heavy atom. The molecule has 0 bridgehead atoms. The number of aromatic amines is 1. The monoisotopic (exact) mass is 433 g/mol. The number of para-hydroxylation sites is 1. The average Bonchev–Trinajstić information content (AvgIpc) is 3.20. The van der Waals surface area contributed by atoms with E-state index >= 15 is 0 Å². The summed E-state index contributed by atoms with van der Waals surface area (Å²) in [6.45, 7) is 1.56. The number of rotatable bonds is 7. The van der Waals surface area contributed by atoms with Gasteiger partial charge in [-0.1, -0.05) is 24.3 Å². The van der Waals surface area contributed by atoms with Crippen LogP contribution >= 0.6 is 0 Å². The smallest absolute Gasteiger partial charge is 0.165 e. The van der Waals surface area contributed by atoms with Crippen molar-refractivity contribution in [2.24, 2.45) is 0 Å². The van der Waals surface area contributed by atoms with Crippen LogP contribution in [-0.4, -0.2) is 43.4 Å². The second-order valence-electron chi connectivity index (χ2n) is 8.44. The number of hydrogen-bond acceptors (Lipinski definition) is 4.